The molecule has 0 unspecified atom stereocenters. The van der Waals surface area contributed by atoms with E-state index in [0.717, 1.165) is 23.5 Å². The van der Waals surface area contributed by atoms with Gasteiger partial charge in [-0.15, -0.1) is 0 Å². The van der Waals surface area contributed by atoms with Crippen LogP contribution in [0.2, 0.25) is 0 Å². The molecule has 1 aromatic carbocycles. The van der Waals surface area contributed by atoms with Crippen molar-refractivity contribution in [3.63, 3.8) is 0 Å². The molecule has 1 rings (SSSR count). The molecule has 1 atom stereocenters. The van der Waals surface area contributed by atoms with Crippen LogP contribution in [0.4, 0.5) is 5.69 Å². The van der Waals surface area contributed by atoms with Crippen LogP contribution in [0, 0.1) is 6.92 Å². The van der Waals surface area contributed by atoms with E-state index in [4.69, 9.17) is 5.73 Å². The summed E-state index contributed by atoms with van der Waals surface area (Å²) in [6.07, 6.45) is 1.02. The summed E-state index contributed by atoms with van der Waals surface area (Å²) in [6, 6.07) is 5.75. The van der Waals surface area contributed by atoms with E-state index < -0.39 is 0 Å². The van der Waals surface area contributed by atoms with Gasteiger partial charge in [0.05, 0.1) is 0 Å². The largest absolute Gasteiger partial charge is 0.398 e. The second-order valence-corrected chi connectivity index (χ2v) is 6.22. The fraction of sp³-hybridized carbons (Fsp3) is 0.533. The molecule has 106 valence electrons. The Morgan fingerprint density at radius 3 is 2.74 bits per heavy atom. The molecule has 2 N–H and O–H groups in total. The minimum absolute atomic E-state index is 0.0423. The van der Waals surface area contributed by atoms with Crippen molar-refractivity contribution in [2.75, 3.05) is 24.3 Å². The van der Waals surface area contributed by atoms with Crippen molar-refractivity contribution < 1.29 is 4.79 Å². The molecule has 3 nitrogen and oxygen atoms in total. The zero-order valence-corrected chi connectivity index (χ0v) is 13.1. The maximum absolute atomic E-state index is 12.3. The van der Waals surface area contributed by atoms with Crippen LogP contribution in [0.15, 0.2) is 18.2 Å². The number of nitrogen functional groups attached to an aromatic ring is 1. The molecule has 0 saturated carbocycles. The Labute approximate surface area is 120 Å². The number of anilines is 1. The molecule has 19 heavy (non-hydrogen) atoms. The van der Waals surface area contributed by atoms with Crippen molar-refractivity contribution in [3.05, 3.63) is 29.3 Å². The van der Waals surface area contributed by atoms with Gasteiger partial charge in [0.15, 0.2) is 0 Å². The van der Waals surface area contributed by atoms with Crippen molar-refractivity contribution in [2.24, 2.45) is 0 Å². The molecular weight excluding hydrogens is 256 g/mol. The highest BCUT2D eigenvalue weighted by Crippen LogP contribution is 2.16. The van der Waals surface area contributed by atoms with E-state index in [0.29, 0.717) is 11.3 Å². The number of nitrogens with two attached hydrogens (primary N) is 1. The Kier molecular flexibility index (Phi) is 6.22. The van der Waals surface area contributed by atoms with Gasteiger partial charge in [-0.1, -0.05) is 13.0 Å². The van der Waals surface area contributed by atoms with Crippen molar-refractivity contribution in [3.8, 4) is 0 Å². The van der Waals surface area contributed by atoms with Gasteiger partial charge in [0, 0.05) is 24.3 Å². The summed E-state index contributed by atoms with van der Waals surface area (Å²) in [7, 11) is 1.86. The average molecular weight is 280 g/mol. The van der Waals surface area contributed by atoms with Crippen molar-refractivity contribution in [2.45, 2.75) is 33.2 Å². The number of amides is 1. The predicted molar refractivity (Wildman–Crippen MR) is 84.8 cm³/mol. The van der Waals surface area contributed by atoms with Crippen LogP contribution in [0.25, 0.3) is 0 Å². The van der Waals surface area contributed by atoms with E-state index in [9.17, 15) is 4.79 Å². The summed E-state index contributed by atoms with van der Waals surface area (Å²) in [5.41, 5.74) is 8.21. The number of aryl methyl sites for hydroxylation is 1. The summed E-state index contributed by atoms with van der Waals surface area (Å²) in [5, 5.41) is 0. The van der Waals surface area contributed by atoms with E-state index in [1.807, 2.05) is 37.9 Å². The van der Waals surface area contributed by atoms with E-state index in [1.165, 1.54) is 0 Å². The lowest BCUT2D eigenvalue weighted by Crippen LogP contribution is -2.35. The number of nitrogens with zero attached hydrogens (tertiary/aromatic N) is 1. The number of thioether (sulfide) groups is 1. The Balaban J connectivity index is 2.67. The Morgan fingerprint density at radius 2 is 2.16 bits per heavy atom. The lowest BCUT2D eigenvalue weighted by Gasteiger charge is -2.25. The number of carbonyl (C=O) groups is 1. The standard InChI is InChI=1S/C15H24N2OS/c1-5-19-9-8-12(3)17(4)15(18)13-7-6-11(2)14(16)10-13/h6-7,10,12H,5,8-9,16H2,1-4H3/t12-/m1/s1. The SMILES string of the molecule is CCSCC[C@@H](C)N(C)C(=O)c1ccc(C)c(N)c1. The maximum atomic E-state index is 12.3. The second-order valence-electron chi connectivity index (χ2n) is 4.82. The van der Waals surface area contributed by atoms with Gasteiger partial charge in [-0.25, -0.2) is 0 Å². The van der Waals surface area contributed by atoms with Gasteiger partial charge >= 0.3 is 0 Å². The molecule has 0 bridgehead atoms. The zero-order valence-electron chi connectivity index (χ0n) is 12.3. The van der Waals surface area contributed by atoms with Crippen LogP contribution in [-0.4, -0.2) is 35.4 Å². The Bertz CT molecular complexity index is 434. The van der Waals surface area contributed by atoms with Crippen LogP contribution in [0.1, 0.15) is 36.2 Å². The summed E-state index contributed by atoms with van der Waals surface area (Å²) in [4.78, 5) is 14.2. The number of benzene rings is 1. The monoisotopic (exact) mass is 280 g/mol. The normalized spacial score (nSPS) is 12.2. The second kappa shape index (κ2) is 7.43. The summed E-state index contributed by atoms with van der Waals surface area (Å²) in [5.74, 6) is 2.25. The molecule has 0 fully saturated rings. The van der Waals surface area contributed by atoms with Crippen molar-refractivity contribution >= 4 is 23.4 Å². The molecule has 1 amide bonds. The first kappa shape index (κ1) is 15.9. The van der Waals surface area contributed by atoms with E-state index in [1.54, 1.807) is 11.0 Å². The van der Waals surface area contributed by atoms with Crippen LogP contribution in [0.5, 0.6) is 0 Å². The first-order valence-electron chi connectivity index (χ1n) is 6.68. The summed E-state index contributed by atoms with van der Waals surface area (Å²) < 4.78 is 0. The number of hydrogen-bond acceptors (Lipinski definition) is 3. The number of carbonyl (C=O) groups excluding carboxylic acids is 1. The first-order chi connectivity index (χ1) is 8.97. The van der Waals surface area contributed by atoms with Crippen LogP contribution >= 0.6 is 11.8 Å². The highest BCUT2D eigenvalue weighted by Gasteiger charge is 2.17. The van der Waals surface area contributed by atoms with Crippen molar-refractivity contribution in [1.82, 2.24) is 4.90 Å². The molecule has 0 aliphatic heterocycles. The average Bonchev–Trinajstić information content (AvgIpc) is 2.40. The fourth-order valence-electron chi connectivity index (χ4n) is 1.77. The topological polar surface area (TPSA) is 46.3 Å². The number of rotatable bonds is 6. The van der Waals surface area contributed by atoms with Gasteiger partial charge in [0.1, 0.15) is 0 Å². The molecule has 0 aromatic heterocycles. The van der Waals surface area contributed by atoms with Gasteiger partial charge in [-0.05, 0) is 49.5 Å². The molecule has 0 radical (unpaired) electrons. The smallest absolute Gasteiger partial charge is 0.253 e. The van der Waals surface area contributed by atoms with Crippen LogP contribution in [-0.2, 0) is 0 Å². The molecule has 0 saturated heterocycles. The molecule has 0 aliphatic rings. The molecular formula is C15H24N2OS. The maximum Gasteiger partial charge on any atom is 0.253 e. The number of hydrogen-bond donors (Lipinski definition) is 1. The Hall–Kier alpha value is -1.16. The minimum Gasteiger partial charge on any atom is -0.398 e. The highest BCUT2D eigenvalue weighted by molar-refractivity contribution is 7.99. The van der Waals surface area contributed by atoms with Gasteiger partial charge in [0.25, 0.3) is 5.91 Å². The first-order valence-corrected chi connectivity index (χ1v) is 7.83. The third-order valence-electron chi connectivity index (χ3n) is 3.39. The predicted octanol–water partition coefficient (Wildman–Crippen LogP) is 3.18. The molecule has 4 heteroatoms. The zero-order chi connectivity index (χ0) is 14.4. The van der Waals surface area contributed by atoms with Crippen LogP contribution in [0.3, 0.4) is 0 Å². The van der Waals surface area contributed by atoms with E-state index in [-0.39, 0.29) is 11.9 Å². The molecule has 1 aromatic rings. The van der Waals surface area contributed by atoms with E-state index in [2.05, 4.69) is 13.8 Å². The van der Waals surface area contributed by atoms with Gasteiger partial charge < -0.3 is 10.6 Å². The molecule has 0 heterocycles. The third kappa shape index (κ3) is 4.46. The lowest BCUT2D eigenvalue weighted by atomic mass is 10.1. The fourth-order valence-corrected chi connectivity index (χ4v) is 2.57. The van der Waals surface area contributed by atoms with Gasteiger partial charge in [0.2, 0.25) is 0 Å². The minimum atomic E-state index is 0.0423. The third-order valence-corrected chi connectivity index (χ3v) is 4.32. The summed E-state index contributed by atoms with van der Waals surface area (Å²) >= 11 is 1.91. The molecule has 0 spiro atoms. The highest BCUT2D eigenvalue weighted by atomic mass is 32.2. The lowest BCUT2D eigenvalue weighted by molar-refractivity contribution is 0.0741. The van der Waals surface area contributed by atoms with E-state index >= 15 is 0 Å². The Morgan fingerprint density at radius 1 is 1.47 bits per heavy atom. The van der Waals surface area contributed by atoms with Gasteiger partial charge in [-0.3, -0.25) is 4.79 Å². The quantitative estimate of drug-likeness (QED) is 0.643. The van der Waals surface area contributed by atoms with Crippen molar-refractivity contribution in [1.29, 1.82) is 0 Å². The molecule has 0 aliphatic carbocycles. The van der Waals surface area contributed by atoms with Gasteiger partial charge in [-0.2, -0.15) is 11.8 Å². The summed E-state index contributed by atoms with van der Waals surface area (Å²) in [6.45, 7) is 6.18. The van der Waals surface area contributed by atoms with Crippen LogP contribution < -0.4 is 5.73 Å².